The number of carbonyl (C=O) groups is 1. The number of aromatic nitrogens is 1. The SMILES string of the molecule is C1CCCC1.O=C(O)Nc1ccc2nc([C@H]3C[C@@H](N4CCCCC4)C3)sc2c1. The maximum atomic E-state index is 10.7. The molecule has 3 fully saturated rings. The van der Waals surface area contributed by atoms with Crippen LogP contribution in [0.4, 0.5) is 10.5 Å². The van der Waals surface area contributed by atoms with E-state index in [1.54, 1.807) is 17.4 Å². The van der Waals surface area contributed by atoms with Crippen molar-refractivity contribution in [2.24, 2.45) is 0 Å². The molecule has 0 bridgehead atoms. The molecule has 1 amide bonds. The van der Waals surface area contributed by atoms with Crippen LogP contribution in [0.3, 0.4) is 0 Å². The van der Waals surface area contributed by atoms with E-state index in [2.05, 4.69) is 10.2 Å². The van der Waals surface area contributed by atoms with Crippen LogP contribution in [0, 0.1) is 0 Å². The number of amides is 1. The van der Waals surface area contributed by atoms with E-state index >= 15 is 0 Å². The third-order valence-corrected chi connectivity index (χ3v) is 7.46. The number of nitrogens with one attached hydrogen (secondary N) is 1. The standard InChI is InChI=1S/C17H21N3O2S.C5H10/c21-17(22)18-12-4-5-14-15(10-12)23-16(19-14)11-8-13(9-11)20-6-2-1-3-7-20;1-2-4-5-3-1/h4-5,10-11,13,18H,1-3,6-9H2,(H,21,22);1-5H2/t11-,13+;. The van der Waals surface area contributed by atoms with Crippen molar-refractivity contribution in [1.29, 1.82) is 0 Å². The van der Waals surface area contributed by atoms with Crippen molar-refractivity contribution in [2.45, 2.75) is 76.2 Å². The summed E-state index contributed by atoms with van der Waals surface area (Å²) in [6.07, 6.45) is 13.0. The monoisotopic (exact) mass is 401 g/mol. The zero-order valence-corrected chi connectivity index (χ0v) is 17.3. The molecule has 1 aromatic heterocycles. The van der Waals surface area contributed by atoms with Gasteiger partial charge in [-0.3, -0.25) is 5.32 Å². The predicted molar refractivity (Wildman–Crippen MR) is 116 cm³/mol. The van der Waals surface area contributed by atoms with Crippen LogP contribution in [0.5, 0.6) is 0 Å². The zero-order chi connectivity index (χ0) is 19.3. The average molecular weight is 402 g/mol. The second kappa shape index (κ2) is 9.23. The highest BCUT2D eigenvalue weighted by Gasteiger charge is 2.36. The lowest BCUT2D eigenvalue weighted by Crippen LogP contribution is -2.46. The number of benzene rings is 1. The number of fused-ring (bicyclic) bond motifs is 1. The van der Waals surface area contributed by atoms with Gasteiger partial charge in [0.15, 0.2) is 0 Å². The van der Waals surface area contributed by atoms with Gasteiger partial charge in [-0.2, -0.15) is 0 Å². The minimum absolute atomic E-state index is 0.579. The molecule has 2 aliphatic carbocycles. The van der Waals surface area contributed by atoms with Crippen LogP contribution in [0.1, 0.15) is 75.1 Å². The molecule has 0 spiro atoms. The fourth-order valence-corrected chi connectivity index (χ4v) is 5.71. The van der Waals surface area contributed by atoms with Gasteiger partial charge in [0.25, 0.3) is 0 Å². The molecule has 5 rings (SSSR count). The van der Waals surface area contributed by atoms with E-state index in [1.807, 2.05) is 12.1 Å². The van der Waals surface area contributed by atoms with Crippen LogP contribution in [0.2, 0.25) is 0 Å². The Hall–Kier alpha value is -1.66. The van der Waals surface area contributed by atoms with Crippen LogP contribution in [-0.2, 0) is 0 Å². The van der Waals surface area contributed by atoms with Gasteiger partial charge in [-0.1, -0.05) is 38.5 Å². The van der Waals surface area contributed by atoms with Crippen molar-refractivity contribution in [3.05, 3.63) is 23.2 Å². The maximum absolute atomic E-state index is 10.7. The minimum Gasteiger partial charge on any atom is -0.465 e. The molecule has 0 unspecified atom stereocenters. The van der Waals surface area contributed by atoms with Gasteiger partial charge in [-0.05, 0) is 57.0 Å². The van der Waals surface area contributed by atoms with E-state index in [9.17, 15) is 4.79 Å². The van der Waals surface area contributed by atoms with Crippen molar-refractivity contribution >= 4 is 33.3 Å². The van der Waals surface area contributed by atoms with Crippen LogP contribution in [0.25, 0.3) is 10.2 Å². The van der Waals surface area contributed by atoms with Crippen molar-refractivity contribution in [3.8, 4) is 0 Å². The Morgan fingerprint density at radius 3 is 2.32 bits per heavy atom. The number of rotatable bonds is 3. The van der Waals surface area contributed by atoms with Gasteiger partial charge in [0, 0.05) is 17.6 Å². The second-order valence-electron chi connectivity index (χ2n) is 8.35. The van der Waals surface area contributed by atoms with E-state index in [-0.39, 0.29) is 0 Å². The zero-order valence-electron chi connectivity index (χ0n) is 16.5. The molecule has 5 nitrogen and oxygen atoms in total. The Morgan fingerprint density at radius 2 is 1.68 bits per heavy atom. The molecule has 0 radical (unpaired) electrons. The van der Waals surface area contributed by atoms with Gasteiger partial charge in [0.2, 0.25) is 0 Å². The van der Waals surface area contributed by atoms with Crippen LogP contribution in [-0.4, -0.2) is 40.2 Å². The molecule has 0 atom stereocenters. The molecular formula is C22H31N3O2S. The Bertz CT molecular complexity index is 783. The highest BCUT2D eigenvalue weighted by atomic mass is 32.1. The summed E-state index contributed by atoms with van der Waals surface area (Å²) < 4.78 is 1.06. The molecule has 3 aliphatic rings. The summed E-state index contributed by atoms with van der Waals surface area (Å²) in [5.74, 6) is 0.579. The van der Waals surface area contributed by atoms with Gasteiger partial charge in [-0.25, -0.2) is 9.78 Å². The van der Waals surface area contributed by atoms with Crippen LogP contribution >= 0.6 is 11.3 Å². The first kappa shape index (κ1) is 19.6. The van der Waals surface area contributed by atoms with E-state index in [0.717, 1.165) is 16.3 Å². The Kier molecular flexibility index (Phi) is 6.47. The summed E-state index contributed by atoms with van der Waals surface area (Å²) in [4.78, 5) is 18.1. The Balaban J connectivity index is 0.000000336. The number of carboxylic acid groups (broad SMARTS) is 1. The topological polar surface area (TPSA) is 65.5 Å². The number of likely N-dealkylation sites (tertiary alicyclic amines) is 1. The molecule has 1 aromatic carbocycles. The Morgan fingerprint density at radius 1 is 1.04 bits per heavy atom. The molecule has 6 heteroatoms. The first-order chi connectivity index (χ1) is 13.7. The van der Waals surface area contributed by atoms with Gasteiger partial charge < -0.3 is 10.0 Å². The van der Waals surface area contributed by atoms with Crippen molar-refractivity contribution in [2.75, 3.05) is 18.4 Å². The van der Waals surface area contributed by atoms with E-state index in [1.165, 1.54) is 82.3 Å². The molecule has 1 saturated heterocycles. The maximum Gasteiger partial charge on any atom is 0.409 e. The van der Waals surface area contributed by atoms with Crippen molar-refractivity contribution in [3.63, 3.8) is 0 Å². The molecule has 2 heterocycles. The number of hydrogen-bond donors (Lipinski definition) is 2. The molecule has 1 aliphatic heterocycles. The van der Waals surface area contributed by atoms with Gasteiger partial charge in [0.1, 0.15) is 0 Å². The minimum atomic E-state index is -1.03. The summed E-state index contributed by atoms with van der Waals surface area (Å²) in [7, 11) is 0. The fourth-order valence-electron chi connectivity index (χ4n) is 4.57. The molecule has 2 saturated carbocycles. The highest BCUT2D eigenvalue weighted by Crippen LogP contribution is 2.43. The number of hydrogen-bond acceptors (Lipinski definition) is 4. The third-order valence-electron chi connectivity index (χ3n) is 6.28. The van der Waals surface area contributed by atoms with Crippen molar-refractivity contribution < 1.29 is 9.90 Å². The van der Waals surface area contributed by atoms with E-state index in [4.69, 9.17) is 10.1 Å². The molecule has 28 heavy (non-hydrogen) atoms. The third kappa shape index (κ3) is 4.84. The molecule has 2 aromatic rings. The first-order valence-electron chi connectivity index (χ1n) is 10.8. The smallest absolute Gasteiger partial charge is 0.409 e. The highest BCUT2D eigenvalue weighted by molar-refractivity contribution is 7.18. The number of thiazole rings is 1. The predicted octanol–water partition coefficient (Wildman–Crippen LogP) is 6.07. The summed E-state index contributed by atoms with van der Waals surface area (Å²) in [6, 6.07) is 6.31. The largest absolute Gasteiger partial charge is 0.465 e. The van der Waals surface area contributed by atoms with Gasteiger partial charge in [-0.15, -0.1) is 11.3 Å². The lowest BCUT2D eigenvalue weighted by atomic mass is 9.79. The molecular weight excluding hydrogens is 370 g/mol. The second-order valence-corrected chi connectivity index (χ2v) is 9.41. The summed E-state index contributed by atoms with van der Waals surface area (Å²) >= 11 is 1.71. The van der Waals surface area contributed by atoms with Crippen LogP contribution < -0.4 is 5.32 Å². The molecule has 2 N–H and O–H groups in total. The summed E-state index contributed by atoms with van der Waals surface area (Å²) in [5, 5.41) is 12.4. The van der Waals surface area contributed by atoms with Gasteiger partial charge in [0.05, 0.1) is 15.2 Å². The van der Waals surface area contributed by atoms with Crippen LogP contribution in [0.15, 0.2) is 18.2 Å². The molecule has 152 valence electrons. The normalized spacial score (nSPS) is 25.0. The fraction of sp³-hybridized carbons (Fsp3) is 0.636. The lowest BCUT2D eigenvalue weighted by molar-refractivity contribution is 0.0888. The van der Waals surface area contributed by atoms with E-state index in [0.29, 0.717) is 11.6 Å². The number of anilines is 1. The van der Waals surface area contributed by atoms with Gasteiger partial charge >= 0.3 is 6.09 Å². The first-order valence-corrected chi connectivity index (χ1v) is 11.7. The summed E-state index contributed by atoms with van der Waals surface area (Å²) in [5.41, 5.74) is 1.59. The van der Waals surface area contributed by atoms with Crippen molar-refractivity contribution in [1.82, 2.24) is 9.88 Å². The number of piperidine rings is 1. The quantitative estimate of drug-likeness (QED) is 0.655. The average Bonchev–Trinajstić information content (AvgIpc) is 3.33. The lowest BCUT2D eigenvalue weighted by Gasteiger charge is -2.43. The number of nitrogens with zero attached hydrogens (tertiary/aromatic N) is 2. The summed E-state index contributed by atoms with van der Waals surface area (Å²) in [6.45, 7) is 2.53. The van der Waals surface area contributed by atoms with E-state index < -0.39 is 6.09 Å². The Labute approximate surface area is 171 Å².